The lowest BCUT2D eigenvalue weighted by atomic mass is 9.87. The molecule has 112 valence electrons. The monoisotopic (exact) mass is 293 g/mol. The fourth-order valence-electron chi connectivity index (χ4n) is 3.48. The summed E-state index contributed by atoms with van der Waals surface area (Å²) in [6, 6.07) is 12.9. The van der Waals surface area contributed by atoms with Crippen molar-refractivity contribution in [2.24, 2.45) is 5.73 Å². The van der Waals surface area contributed by atoms with E-state index < -0.39 is 0 Å². The van der Waals surface area contributed by atoms with Crippen molar-refractivity contribution in [1.82, 2.24) is 10.0 Å². The van der Waals surface area contributed by atoms with Crippen LogP contribution >= 0.6 is 0 Å². The van der Waals surface area contributed by atoms with Gasteiger partial charge in [-0.1, -0.05) is 30.3 Å². The van der Waals surface area contributed by atoms with E-state index in [0.717, 1.165) is 18.4 Å². The summed E-state index contributed by atoms with van der Waals surface area (Å²) in [5, 5.41) is 2.03. The van der Waals surface area contributed by atoms with Gasteiger partial charge in [-0.3, -0.25) is 4.98 Å². The zero-order valence-corrected chi connectivity index (χ0v) is 12.4. The van der Waals surface area contributed by atoms with Crippen LogP contribution in [0.2, 0.25) is 0 Å². The van der Waals surface area contributed by atoms with E-state index in [4.69, 9.17) is 10.6 Å². The van der Waals surface area contributed by atoms with Crippen molar-refractivity contribution in [2.75, 3.05) is 0 Å². The smallest absolute Gasteiger partial charge is 0.207 e. The molecule has 1 aromatic heterocycles. The minimum absolute atomic E-state index is 0.0184. The number of rotatable bonds is 2. The number of fused-ring (bicyclic) bond motifs is 1. The highest BCUT2D eigenvalue weighted by Gasteiger charge is 2.36. The van der Waals surface area contributed by atoms with Crippen molar-refractivity contribution < 1.29 is 4.84 Å². The standard InChI is InChI=1S/C18H19N3O/c19-18-11-17(14-7-4-10-20-12-14)21(22-18)16-9-3-6-13-5-1-2-8-15(13)16/h1-2,4-5,7-8,10-12,16-17H,3,6,9,19H2. The molecular weight excluding hydrogens is 274 g/mol. The molecule has 0 radical (unpaired) electrons. The van der Waals surface area contributed by atoms with E-state index in [1.54, 1.807) is 6.20 Å². The molecule has 1 aromatic carbocycles. The van der Waals surface area contributed by atoms with Crippen LogP contribution in [0.5, 0.6) is 0 Å². The number of hydrogen-bond acceptors (Lipinski definition) is 4. The highest BCUT2D eigenvalue weighted by Crippen LogP contribution is 2.42. The molecule has 22 heavy (non-hydrogen) atoms. The summed E-state index contributed by atoms with van der Waals surface area (Å²) in [5.74, 6) is 0.469. The van der Waals surface area contributed by atoms with Crippen molar-refractivity contribution in [3.63, 3.8) is 0 Å². The second kappa shape index (κ2) is 5.46. The van der Waals surface area contributed by atoms with Crippen LogP contribution in [0.3, 0.4) is 0 Å². The van der Waals surface area contributed by atoms with E-state index >= 15 is 0 Å². The van der Waals surface area contributed by atoms with Crippen LogP contribution in [-0.4, -0.2) is 10.0 Å². The molecule has 0 amide bonds. The normalized spacial score (nSPS) is 24.5. The largest absolute Gasteiger partial charge is 0.387 e. The summed E-state index contributed by atoms with van der Waals surface area (Å²) >= 11 is 0. The number of nitrogens with zero attached hydrogens (tertiary/aromatic N) is 2. The molecule has 2 heterocycles. The lowest BCUT2D eigenvalue weighted by Gasteiger charge is -2.35. The number of nitrogens with two attached hydrogens (primary N) is 1. The van der Waals surface area contributed by atoms with Gasteiger partial charge in [0, 0.05) is 18.5 Å². The third kappa shape index (κ3) is 2.25. The molecule has 2 unspecified atom stereocenters. The molecule has 2 N–H and O–H groups in total. The predicted molar refractivity (Wildman–Crippen MR) is 84.3 cm³/mol. The van der Waals surface area contributed by atoms with Gasteiger partial charge in [0.1, 0.15) is 0 Å². The van der Waals surface area contributed by atoms with E-state index in [0.29, 0.717) is 5.88 Å². The van der Waals surface area contributed by atoms with Crippen LogP contribution in [0, 0.1) is 0 Å². The number of hydrogen-bond donors (Lipinski definition) is 1. The highest BCUT2D eigenvalue weighted by molar-refractivity contribution is 5.33. The molecule has 1 aliphatic carbocycles. The Morgan fingerprint density at radius 1 is 1.18 bits per heavy atom. The van der Waals surface area contributed by atoms with Gasteiger partial charge in [-0.2, -0.15) is 0 Å². The van der Waals surface area contributed by atoms with Crippen molar-refractivity contribution >= 4 is 0 Å². The second-order valence-corrected chi connectivity index (χ2v) is 5.86. The van der Waals surface area contributed by atoms with Gasteiger partial charge in [0.2, 0.25) is 5.88 Å². The van der Waals surface area contributed by atoms with E-state index in [2.05, 4.69) is 35.3 Å². The number of aromatic nitrogens is 1. The average Bonchev–Trinajstić information content (AvgIpc) is 2.97. The fourth-order valence-corrected chi connectivity index (χ4v) is 3.48. The molecule has 0 spiro atoms. The Morgan fingerprint density at radius 3 is 2.95 bits per heavy atom. The lowest BCUT2D eigenvalue weighted by Crippen LogP contribution is -2.31. The number of pyridine rings is 1. The maximum atomic E-state index is 5.96. The van der Waals surface area contributed by atoms with E-state index in [1.807, 2.05) is 23.4 Å². The predicted octanol–water partition coefficient (Wildman–Crippen LogP) is 3.25. The van der Waals surface area contributed by atoms with Crippen molar-refractivity contribution in [3.8, 4) is 0 Å². The molecule has 4 heteroatoms. The fraction of sp³-hybridized carbons (Fsp3) is 0.278. The number of hydroxylamine groups is 2. The quantitative estimate of drug-likeness (QED) is 0.923. The van der Waals surface area contributed by atoms with Gasteiger partial charge in [0.05, 0.1) is 12.1 Å². The maximum absolute atomic E-state index is 5.96. The first-order valence-electron chi connectivity index (χ1n) is 7.74. The molecule has 2 aromatic rings. The molecule has 0 bridgehead atoms. The molecule has 0 saturated carbocycles. The van der Waals surface area contributed by atoms with Crippen molar-refractivity contribution in [3.05, 3.63) is 77.4 Å². The lowest BCUT2D eigenvalue weighted by molar-refractivity contribution is -0.157. The minimum atomic E-state index is 0.0184. The zero-order chi connectivity index (χ0) is 14.9. The van der Waals surface area contributed by atoms with Gasteiger partial charge in [0.15, 0.2) is 0 Å². The highest BCUT2D eigenvalue weighted by atomic mass is 16.7. The molecule has 0 saturated heterocycles. The Hall–Kier alpha value is -2.33. The summed E-state index contributed by atoms with van der Waals surface area (Å²) in [6.45, 7) is 0. The Bertz CT molecular complexity index is 698. The maximum Gasteiger partial charge on any atom is 0.207 e. The first-order valence-corrected chi connectivity index (χ1v) is 7.74. The van der Waals surface area contributed by atoms with Crippen LogP contribution in [0.25, 0.3) is 0 Å². The number of aryl methyl sites for hydroxylation is 1. The van der Waals surface area contributed by atoms with Gasteiger partial charge >= 0.3 is 0 Å². The Kier molecular flexibility index (Phi) is 3.31. The summed E-state index contributed by atoms with van der Waals surface area (Å²) in [5.41, 5.74) is 9.83. The molecule has 2 aliphatic rings. The Morgan fingerprint density at radius 2 is 2.09 bits per heavy atom. The van der Waals surface area contributed by atoms with Crippen LogP contribution in [-0.2, 0) is 11.3 Å². The second-order valence-electron chi connectivity index (χ2n) is 5.86. The molecule has 1 aliphatic heterocycles. The van der Waals surface area contributed by atoms with Gasteiger partial charge < -0.3 is 10.6 Å². The third-order valence-electron chi connectivity index (χ3n) is 4.48. The summed E-state index contributed by atoms with van der Waals surface area (Å²) in [7, 11) is 0. The van der Waals surface area contributed by atoms with E-state index in [9.17, 15) is 0 Å². The molecule has 4 nitrogen and oxygen atoms in total. The van der Waals surface area contributed by atoms with E-state index in [1.165, 1.54) is 17.5 Å². The summed E-state index contributed by atoms with van der Waals surface area (Å²) < 4.78 is 0. The van der Waals surface area contributed by atoms with Crippen molar-refractivity contribution in [2.45, 2.75) is 31.3 Å². The topological polar surface area (TPSA) is 51.4 Å². The minimum Gasteiger partial charge on any atom is -0.387 e. The van der Waals surface area contributed by atoms with Crippen LogP contribution < -0.4 is 5.73 Å². The molecular formula is C18H19N3O. The van der Waals surface area contributed by atoms with Gasteiger partial charge in [0.25, 0.3) is 0 Å². The van der Waals surface area contributed by atoms with Gasteiger partial charge in [-0.25, -0.2) is 0 Å². The van der Waals surface area contributed by atoms with Crippen molar-refractivity contribution in [1.29, 1.82) is 0 Å². The molecule has 0 fully saturated rings. The average molecular weight is 293 g/mol. The van der Waals surface area contributed by atoms with Crippen LogP contribution in [0.4, 0.5) is 0 Å². The number of benzene rings is 1. The van der Waals surface area contributed by atoms with E-state index in [-0.39, 0.29) is 12.1 Å². The van der Waals surface area contributed by atoms with Crippen LogP contribution in [0.1, 0.15) is 41.6 Å². The first-order chi connectivity index (χ1) is 10.8. The molecule has 2 atom stereocenters. The zero-order valence-electron chi connectivity index (χ0n) is 12.4. The molecule has 4 rings (SSSR count). The third-order valence-corrected chi connectivity index (χ3v) is 4.48. The first kappa shape index (κ1) is 13.3. The summed E-state index contributed by atoms with van der Waals surface area (Å²) in [6.07, 6.45) is 9.02. The van der Waals surface area contributed by atoms with Crippen LogP contribution in [0.15, 0.2) is 60.8 Å². The Labute approximate surface area is 130 Å². The van der Waals surface area contributed by atoms with Gasteiger partial charge in [-0.05, 0) is 42.0 Å². The van der Waals surface area contributed by atoms with Gasteiger partial charge in [-0.15, -0.1) is 5.06 Å². The summed E-state index contributed by atoms with van der Waals surface area (Å²) in [4.78, 5) is 10.1. The Balaban J connectivity index is 1.71. The SMILES string of the molecule is NC1=CC(c2cccnc2)N(C2CCCc3ccccc32)O1.